The number of nitrogens with one attached hydrogen (secondary N) is 1. The van der Waals surface area contributed by atoms with Crippen molar-refractivity contribution < 1.29 is 9.90 Å². The second-order valence-corrected chi connectivity index (χ2v) is 12.2. The number of carboxylic acids is 1. The van der Waals surface area contributed by atoms with Gasteiger partial charge in [-0.2, -0.15) is 0 Å². The molecule has 45 heavy (non-hydrogen) atoms. The highest BCUT2D eigenvalue weighted by Gasteiger charge is 2.28. The first-order valence-electron chi connectivity index (χ1n) is 15.7. The first kappa shape index (κ1) is 29.0. The molecular formula is C36H37N5O4. The largest absolute Gasteiger partial charge is 0.480 e. The molecule has 0 saturated carbocycles. The van der Waals surface area contributed by atoms with Gasteiger partial charge in [-0.1, -0.05) is 66.2 Å². The Balaban J connectivity index is 1.07. The lowest BCUT2D eigenvalue weighted by atomic mass is 9.84. The van der Waals surface area contributed by atoms with E-state index in [0.717, 1.165) is 67.8 Å². The number of hydrogen-bond acceptors (Lipinski definition) is 5. The minimum atomic E-state index is -1.15. The van der Waals surface area contributed by atoms with Crippen LogP contribution in [0.1, 0.15) is 53.4 Å². The van der Waals surface area contributed by atoms with Crippen molar-refractivity contribution in [2.45, 2.75) is 44.8 Å². The van der Waals surface area contributed by atoms with Crippen LogP contribution < -0.4 is 11.1 Å². The third kappa shape index (κ3) is 5.89. The number of H-pyrrole nitrogens is 1. The Hall–Kier alpha value is -4.73. The molecule has 3 heterocycles. The van der Waals surface area contributed by atoms with Gasteiger partial charge in [-0.3, -0.25) is 28.8 Å². The van der Waals surface area contributed by atoms with Gasteiger partial charge in [0.05, 0.1) is 11.7 Å². The van der Waals surface area contributed by atoms with Crippen LogP contribution in [0.4, 0.5) is 0 Å². The zero-order chi connectivity index (χ0) is 30.9. The Morgan fingerprint density at radius 2 is 1.51 bits per heavy atom. The number of aryl methyl sites for hydroxylation is 1. The predicted octanol–water partition coefficient (Wildman–Crippen LogP) is 4.36. The second kappa shape index (κ2) is 12.3. The summed E-state index contributed by atoms with van der Waals surface area (Å²) >= 11 is 0. The molecule has 7 rings (SSSR count). The Morgan fingerprint density at radius 3 is 2.18 bits per heavy atom. The van der Waals surface area contributed by atoms with E-state index in [-0.39, 0.29) is 6.04 Å². The van der Waals surface area contributed by atoms with E-state index in [1.807, 2.05) is 0 Å². The summed E-state index contributed by atoms with van der Waals surface area (Å²) in [4.78, 5) is 44.4. The molecule has 9 nitrogen and oxygen atoms in total. The fraction of sp³-hybridized carbons (Fsp3) is 0.306. The molecule has 4 aromatic rings. The molecule has 2 aromatic heterocycles. The fourth-order valence-electron chi connectivity index (χ4n) is 7.18. The SMILES string of the molecule is O=C(O)Cn1c2c([nH]c(=O)c1=O)CCC1=C2C=C(n2ccc(CN3CCN(C(c4ccccc4)c4ccccc4)CC3)c2)CC1. The van der Waals surface area contributed by atoms with Gasteiger partial charge in [-0.25, -0.2) is 0 Å². The highest BCUT2D eigenvalue weighted by atomic mass is 16.4. The van der Waals surface area contributed by atoms with Crippen LogP contribution in [-0.2, 0) is 24.3 Å². The number of aliphatic carboxylic acids is 1. The summed E-state index contributed by atoms with van der Waals surface area (Å²) in [6, 6.07) is 23.9. The van der Waals surface area contributed by atoms with Crippen LogP contribution in [0.5, 0.6) is 0 Å². The minimum Gasteiger partial charge on any atom is -0.480 e. The number of fused-ring (bicyclic) bond motifs is 2. The van der Waals surface area contributed by atoms with E-state index >= 15 is 0 Å². The molecule has 1 aliphatic heterocycles. The number of allylic oxidation sites excluding steroid dienone is 4. The first-order chi connectivity index (χ1) is 21.9. The summed E-state index contributed by atoms with van der Waals surface area (Å²) < 4.78 is 3.28. The molecule has 2 N–H and O–H groups in total. The summed E-state index contributed by atoms with van der Waals surface area (Å²) in [5, 5.41) is 9.48. The van der Waals surface area contributed by atoms with Crippen LogP contribution in [0.25, 0.3) is 11.3 Å². The number of carboxylic acid groups (broad SMARTS) is 1. The van der Waals surface area contributed by atoms with Crippen molar-refractivity contribution in [3.8, 4) is 0 Å². The van der Waals surface area contributed by atoms with Gasteiger partial charge in [-0.05, 0) is 54.5 Å². The second-order valence-electron chi connectivity index (χ2n) is 12.2. The number of rotatable bonds is 8. The summed E-state index contributed by atoms with van der Waals surface area (Å²) in [7, 11) is 0. The smallest absolute Gasteiger partial charge is 0.323 e. The maximum Gasteiger partial charge on any atom is 0.323 e. The normalized spacial score (nSPS) is 17.2. The van der Waals surface area contributed by atoms with E-state index in [0.29, 0.717) is 17.8 Å². The standard InChI is InChI=1S/C36H37N5O4/c42-32(43)24-41-34-30-21-29(13-11-26(30)12-14-31(34)37-35(44)36(41)45)40-16-15-25(23-40)22-38-17-19-39(20-18-38)33(27-7-3-1-4-8-27)28-9-5-2-6-10-28/h1-10,15-16,21,23,33H,11-14,17-20,22,24H2,(H,37,44)(H,42,43). The van der Waals surface area contributed by atoms with E-state index < -0.39 is 23.6 Å². The Labute approximate surface area is 261 Å². The van der Waals surface area contributed by atoms with Crippen LogP contribution in [0, 0.1) is 0 Å². The maximum atomic E-state index is 12.7. The van der Waals surface area contributed by atoms with Gasteiger partial charge < -0.3 is 14.7 Å². The third-order valence-electron chi connectivity index (χ3n) is 9.35. The van der Waals surface area contributed by atoms with Crippen molar-refractivity contribution in [1.29, 1.82) is 0 Å². The first-order valence-corrected chi connectivity index (χ1v) is 15.7. The number of hydrogen-bond donors (Lipinski definition) is 2. The number of aromatic nitrogens is 3. The molecule has 0 spiro atoms. The van der Waals surface area contributed by atoms with Crippen molar-refractivity contribution in [2.24, 2.45) is 0 Å². The lowest BCUT2D eigenvalue weighted by Crippen LogP contribution is -2.47. The Kier molecular flexibility index (Phi) is 7.95. The van der Waals surface area contributed by atoms with Gasteiger partial charge in [-0.15, -0.1) is 0 Å². The Morgan fingerprint density at radius 1 is 0.844 bits per heavy atom. The summed E-state index contributed by atoms with van der Waals surface area (Å²) in [5.74, 6) is -1.15. The topological polar surface area (TPSA) is 104 Å². The number of aromatic amines is 1. The van der Waals surface area contributed by atoms with Gasteiger partial charge in [0.15, 0.2) is 0 Å². The van der Waals surface area contributed by atoms with Crippen LogP contribution in [0.2, 0.25) is 0 Å². The minimum absolute atomic E-state index is 0.239. The molecule has 0 radical (unpaired) electrons. The summed E-state index contributed by atoms with van der Waals surface area (Å²) in [6.45, 7) is 4.26. The molecule has 9 heteroatoms. The van der Waals surface area contributed by atoms with Gasteiger partial charge in [0.2, 0.25) is 0 Å². The summed E-state index contributed by atoms with van der Waals surface area (Å²) in [6.07, 6.45) is 9.40. The molecular weight excluding hydrogens is 566 g/mol. The molecule has 0 bridgehead atoms. The molecule has 0 unspecified atom stereocenters. The van der Waals surface area contributed by atoms with E-state index in [9.17, 15) is 19.5 Å². The van der Waals surface area contributed by atoms with Crippen LogP contribution in [-0.4, -0.2) is 61.2 Å². The maximum absolute atomic E-state index is 12.7. The van der Waals surface area contributed by atoms with Crippen LogP contribution >= 0.6 is 0 Å². The predicted molar refractivity (Wildman–Crippen MR) is 174 cm³/mol. The Bertz CT molecular complexity index is 1850. The molecule has 1 saturated heterocycles. The molecule has 230 valence electrons. The van der Waals surface area contributed by atoms with Crippen molar-refractivity contribution in [3.63, 3.8) is 0 Å². The number of benzene rings is 2. The highest BCUT2D eigenvalue weighted by molar-refractivity contribution is 5.85. The average Bonchev–Trinajstić information content (AvgIpc) is 3.53. The van der Waals surface area contributed by atoms with E-state index in [4.69, 9.17) is 0 Å². The van der Waals surface area contributed by atoms with Crippen molar-refractivity contribution >= 4 is 17.2 Å². The van der Waals surface area contributed by atoms with Gasteiger partial charge in [0.1, 0.15) is 6.54 Å². The monoisotopic (exact) mass is 603 g/mol. The van der Waals surface area contributed by atoms with E-state index in [1.165, 1.54) is 22.3 Å². The number of carbonyl (C=O) groups is 1. The molecule has 2 aliphatic carbocycles. The van der Waals surface area contributed by atoms with Crippen LogP contribution in [0.15, 0.2) is 100 Å². The summed E-state index contributed by atoms with van der Waals surface area (Å²) in [5.41, 5.74) is 6.60. The number of piperazine rings is 1. The zero-order valence-electron chi connectivity index (χ0n) is 25.2. The quantitative estimate of drug-likeness (QED) is 0.290. The van der Waals surface area contributed by atoms with Crippen molar-refractivity contribution in [1.82, 2.24) is 23.9 Å². The molecule has 0 atom stereocenters. The third-order valence-corrected chi connectivity index (χ3v) is 9.35. The van der Waals surface area contributed by atoms with Gasteiger partial charge in [0.25, 0.3) is 0 Å². The molecule has 3 aliphatic rings. The fourth-order valence-corrected chi connectivity index (χ4v) is 7.18. The van der Waals surface area contributed by atoms with Gasteiger partial charge in [0, 0.05) is 62.1 Å². The van der Waals surface area contributed by atoms with E-state index in [2.05, 4.69) is 105 Å². The van der Waals surface area contributed by atoms with Crippen molar-refractivity contribution in [3.05, 3.63) is 140 Å². The average molecular weight is 604 g/mol. The molecule has 2 aromatic carbocycles. The van der Waals surface area contributed by atoms with Crippen LogP contribution in [0.3, 0.4) is 0 Å². The lowest BCUT2D eigenvalue weighted by molar-refractivity contribution is -0.137. The molecule has 1 fully saturated rings. The van der Waals surface area contributed by atoms with E-state index in [1.54, 1.807) is 0 Å². The lowest BCUT2D eigenvalue weighted by Gasteiger charge is -2.39. The molecule has 0 amide bonds. The zero-order valence-corrected chi connectivity index (χ0v) is 25.2. The highest BCUT2D eigenvalue weighted by Crippen LogP contribution is 2.39. The van der Waals surface area contributed by atoms with Gasteiger partial charge >= 0.3 is 17.1 Å². The number of nitrogens with zero attached hydrogens (tertiary/aromatic N) is 4. The van der Waals surface area contributed by atoms with Crippen molar-refractivity contribution in [2.75, 3.05) is 26.2 Å².